The fourth-order valence-corrected chi connectivity index (χ4v) is 1.62. The number of carbonyl (C=O) groups excluding carboxylic acids is 1. The average Bonchev–Trinajstić information content (AvgIpc) is 2.76. The summed E-state index contributed by atoms with van der Waals surface area (Å²) in [6.45, 7) is 3.61. The summed E-state index contributed by atoms with van der Waals surface area (Å²) in [5.74, 6) is 0.0220. The first-order valence-corrected chi connectivity index (χ1v) is 5.73. The van der Waals surface area contributed by atoms with Gasteiger partial charge in [0.25, 0.3) is 0 Å². The monoisotopic (exact) mass is 232 g/mol. The molecule has 1 amide bonds. The van der Waals surface area contributed by atoms with Crippen molar-refractivity contribution in [3.8, 4) is 0 Å². The van der Waals surface area contributed by atoms with Gasteiger partial charge in [0, 0.05) is 24.0 Å². The van der Waals surface area contributed by atoms with Crippen LogP contribution in [0, 0.1) is 0 Å². The molecule has 17 heavy (non-hydrogen) atoms. The number of rotatable bonds is 5. The number of nitrogens with zero attached hydrogens (tertiary/aromatic N) is 1. The summed E-state index contributed by atoms with van der Waals surface area (Å²) < 4.78 is 0. The van der Waals surface area contributed by atoms with Gasteiger partial charge in [-0.2, -0.15) is 5.10 Å². The van der Waals surface area contributed by atoms with Gasteiger partial charge in [-0.15, -0.1) is 0 Å². The Bertz CT molecular complexity index is 506. The molecule has 1 heterocycles. The molecule has 0 unspecified atom stereocenters. The average molecular weight is 232 g/mol. The van der Waals surface area contributed by atoms with Gasteiger partial charge in [0.05, 0.1) is 11.7 Å². The van der Waals surface area contributed by atoms with E-state index in [0.29, 0.717) is 13.0 Å². The van der Waals surface area contributed by atoms with Crippen LogP contribution >= 0.6 is 0 Å². The van der Waals surface area contributed by atoms with Crippen molar-refractivity contribution in [1.29, 1.82) is 0 Å². The molecule has 90 valence electrons. The second-order valence-electron chi connectivity index (χ2n) is 3.82. The van der Waals surface area contributed by atoms with Crippen LogP contribution in [-0.2, 0) is 4.79 Å². The van der Waals surface area contributed by atoms with E-state index >= 15 is 0 Å². The molecule has 0 radical (unpaired) electrons. The van der Waals surface area contributed by atoms with E-state index in [0.717, 1.165) is 23.1 Å². The number of hydrogen-bond donors (Lipinski definition) is 3. The van der Waals surface area contributed by atoms with Crippen LogP contribution < -0.4 is 10.6 Å². The molecule has 3 N–H and O–H groups in total. The zero-order valence-corrected chi connectivity index (χ0v) is 9.79. The first-order valence-electron chi connectivity index (χ1n) is 5.73. The summed E-state index contributed by atoms with van der Waals surface area (Å²) in [6, 6.07) is 5.68. The van der Waals surface area contributed by atoms with Crippen LogP contribution in [0.5, 0.6) is 0 Å². The van der Waals surface area contributed by atoms with Gasteiger partial charge < -0.3 is 10.6 Å². The molecule has 0 aliphatic heterocycles. The summed E-state index contributed by atoms with van der Waals surface area (Å²) in [5.41, 5.74) is 1.77. The van der Waals surface area contributed by atoms with Gasteiger partial charge in [0.1, 0.15) is 0 Å². The van der Waals surface area contributed by atoms with Crippen LogP contribution in [-0.4, -0.2) is 29.2 Å². The lowest BCUT2D eigenvalue weighted by molar-refractivity contribution is -0.116. The maximum Gasteiger partial charge on any atom is 0.225 e. The predicted molar refractivity (Wildman–Crippen MR) is 67.9 cm³/mol. The Kier molecular flexibility index (Phi) is 3.72. The first kappa shape index (κ1) is 11.6. The van der Waals surface area contributed by atoms with Gasteiger partial charge in [-0.05, 0) is 24.7 Å². The molecule has 0 saturated heterocycles. The number of anilines is 1. The van der Waals surface area contributed by atoms with Crippen LogP contribution in [0.4, 0.5) is 5.69 Å². The van der Waals surface area contributed by atoms with Gasteiger partial charge in [-0.25, -0.2) is 0 Å². The van der Waals surface area contributed by atoms with Crippen LogP contribution in [0.25, 0.3) is 10.9 Å². The van der Waals surface area contributed by atoms with E-state index in [1.165, 1.54) is 0 Å². The maximum atomic E-state index is 11.6. The predicted octanol–water partition coefficient (Wildman–Crippen LogP) is 1.50. The Labute approximate surface area is 99.6 Å². The van der Waals surface area contributed by atoms with E-state index in [-0.39, 0.29) is 5.91 Å². The summed E-state index contributed by atoms with van der Waals surface area (Å²) >= 11 is 0. The maximum absolute atomic E-state index is 11.6. The Morgan fingerprint density at radius 3 is 3.18 bits per heavy atom. The van der Waals surface area contributed by atoms with Crippen LogP contribution in [0.1, 0.15) is 13.3 Å². The number of aromatic amines is 1. The highest BCUT2D eigenvalue weighted by molar-refractivity contribution is 5.93. The highest BCUT2D eigenvalue weighted by Crippen LogP contribution is 2.16. The third kappa shape index (κ3) is 3.04. The largest absolute Gasteiger partial charge is 0.326 e. The fraction of sp³-hybridized carbons (Fsp3) is 0.333. The SMILES string of the molecule is CCNCCC(=O)Nc1ccc2[nH]ncc2c1. The zero-order valence-electron chi connectivity index (χ0n) is 9.79. The number of hydrogen-bond acceptors (Lipinski definition) is 3. The number of amides is 1. The Balaban J connectivity index is 1.95. The van der Waals surface area contributed by atoms with Crippen LogP contribution in [0.2, 0.25) is 0 Å². The molecule has 2 rings (SSSR count). The number of H-pyrrole nitrogens is 1. The topological polar surface area (TPSA) is 69.8 Å². The zero-order chi connectivity index (χ0) is 12.1. The lowest BCUT2D eigenvalue weighted by atomic mass is 10.2. The van der Waals surface area contributed by atoms with E-state index < -0.39 is 0 Å². The lowest BCUT2D eigenvalue weighted by Crippen LogP contribution is -2.21. The molecule has 0 fully saturated rings. The molecule has 0 aliphatic carbocycles. The highest BCUT2D eigenvalue weighted by Gasteiger charge is 2.03. The number of fused-ring (bicyclic) bond motifs is 1. The second-order valence-corrected chi connectivity index (χ2v) is 3.82. The summed E-state index contributed by atoms with van der Waals surface area (Å²) in [4.78, 5) is 11.6. The fourth-order valence-electron chi connectivity index (χ4n) is 1.62. The van der Waals surface area contributed by atoms with Crippen molar-refractivity contribution in [3.05, 3.63) is 24.4 Å². The van der Waals surface area contributed by atoms with Crippen molar-refractivity contribution < 1.29 is 4.79 Å². The number of aromatic nitrogens is 2. The van der Waals surface area contributed by atoms with E-state index in [1.54, 1.807) is 6.20 Å². The van der Waals surface area contributed by atoms with Crippen LogP contribution in [0.15, 0.2) is 24.4 Å². The molecular weight excluding hydrogens is 216 g/mol. The molecule has 0 bridgehead atoms. The van der Waals surface area contributed by atoms with Gasteiger partial charge >= 0.3 is 0 Å². The van der Waals surface area contributed by atoms with Crippen molar-refractivity contribution in [3.63, 3.8) is 0 Å². The molecule has 5 nitrogen and oxygen atoms in total. The van der Waals surface area contributed by atoms with Crippen molar-refractivity contribution in [2.45, 2.75) is 13.3 Å². The molecular formula is C12H16N4O. The third-order valence-electron chi connectivity index (χ3n) is 2.50. The van der Waals surface area contributed by atoms with E-state index in [2.05, 4.69) is 20.8 Å². The van der Waals surface area contributed by atoms with Crippen molar-refractivity contribution >= 4 is 22.5 Å². The minimum Gasteiger partial charge on any atom is -0.326 e. The van der Waals surface area contributed by atoms with Crippen molar-refractivity contribution in [1.82, 2.24) is 15.5 Å². The second kappa shape index (κ2) is 5.45. The lowest BCUT2D eigenvalue weighted by Gasteiger charge is -2.05. The Morgan fingerprint density at radius 2 is 2.35 bits per heavy atom. The van der Waals surface area contributed by atoms with Crippen molar-refractivity contribution in [2.24, 2.45) is 0 Å². The van der Waals surface area contributed by atoms with Crippen molar-refractivity contribution in [2.75, 3.05) is 18.4 Å². The minimum absolute atomic E-state index is 0.0220. The molecule has 1 aromatic heterocycles. The third-order valence-corrected chi connectivity index (χ3v) is 2.50. The van der Waals surface area contributed by atoms with Gasteiger partial charge in [-0.1, -0.05) is 6.92 Å². The molecule has 0 spiro atoms. The number of carbonyl (C=O) groups is 1. The summed E-state index contributed by atoms with van der Waals surface area (Å²) in [6.07, 6.45) is 2.22. The van der Waals surface area contributed by atoms with Gasteiger partial charge in [0.15, 0.2) is 0 Å². The van der Waals surface area contributed by atoms with E-state index in [1.807, 2.05) is 25.1 Å². The van der Waals surface area contributed by atoms with Crippen LogP contribution in [0.3, 0.4) is 0 Å². The number of benzene rings is 1. The Hall–Kier alpha value is -1.88. The first-order chi connectivity index (χ1) is 8.29. The molecule has 2 aromatic rings. The quantitative estimate of drug-likeness (QED) is 0.684. The molecule has 0 saturated carbocycles. The number of nitrogens with one attached hydrogen (secondary N) is 3. The van der Waals surface area contributed by atoms with Gasteiger partial charge in [-0.3, -0.25) is 9.89 Å². The van der Waals surface area contributed by atoms with E-state index in [4.69, 9.17) is 0 Å². The summed E-state index contributed by atoms with van der Waals surface area (Å²) in [7, 11) is 0. The van der Waals surface area contributed by atoms with E-state index in [9.17, 15) is 4.79 Å². The Morgan fingerprint density at radius 1 is 1.47 bits per heavy atom. The smallest absolute Gasteiger partial charge is 0.225 e. The molecule has 5 heteroatoms. The molecule has 0 aliphatic rings. The summed E-state index contributed by atoms with van der Waals surface area (Å²) in [5, 5.41) is 13.8. The standard InChI is InChI=1S/C12H16N4O/c1-2-13-6-5-12(17)15-10-3-4-11-9(7-10)8-14-16-11/h3-4,7-8,13H,2,5-6H2,1H3,(H,14,16)(H,15,17). The minimum atomic E-state index is 0.0220. The molecule has 0 atom stereocenters. The highest BCUT2D eigenvalue weighted by atomic mass is 16.1. The molecule has 1 aromatic carbocycles. The van der Waals surface area contributed by atoms with Gasteiger partial charge in [0.2, 0.25) is 5.91 Å². The normalized spacial score (nSPS) is 10.6.